The summed E-state index contributed by atoms with van der Waals surface area (Å²) in [6, 6.07) is 18.9. The second kappa shape index (κ2) is 8.92. The first kappa shape index (κ1) is 19.3. The van der Waals surface area contributed by atoms with Crippen LogP contribution in [0.5, 0.6) is 0 Å². The minimum absolute atomic E-state index is 0.0420. The van der Waals surface area contributed by atoms with Gasteiger partial charge in [0.1, 0.15) is 6.04 Å². The summed E-state index contributed by atoms with van der Waals surface area (Å²) in [5.41, 5.74) is 2.12. The van der Waals surface area contributed by atoms with Gasteiger partial charge in [-0.05, 0) is 30.4 Å². The molecule has 1 aromatic heterocycles. The molecule has 3 rings (SSSR count). The van der Waals surface area contributed by atoms with Crippen molar-refractivity contribution in [3.8, 4) is 0 Å². The quantitative estimate of drug-likeness (QED) is 0.611. The van der Waals surface area contributed by atoms with Crippen LogP contribution in [0.4, 0.5) is 0 Å². The van der Waals surface area contributed by atoms with E-state index in [4.69, 9.17) is 4.42 Å². The molecule has 7 heteroatoms. The second-order valence-corrected chi connectivity index (χ2v) is 8.30. The number of nitrogens with zero attached hydrogens (tertiary/aromatic N) is 2. The van der Waals surface area contributed by atoms with E-state index in [1.54, 1.807) is 6.92 Å². The first-order valence-electron chi connectivity index (χ1n) is 8.90. The maximum Gasteiger partial charge on any atom is 0.234 e. The van der Waals surface area contributed by atoms with E-state index in [-0.39, 0.29) is 11.6 Å². The molecule has 6 nitrogen and oxygen atoms in total. The Bertz CT molecular complexity index is 941. The molecule has 0 aliphatic carbocycles. The molecule has 1 N–H and O–H groups in total. The summed E-state index contributed by atoms with van der Waals surface area (Å²) < 4.78 is 33.4. The molecule has 1 heterocycles. The van der Waals surface area contributed by atoms with Gasteiger partial charge in [-0.15, -0.1) is 10.2 Å². The summed E-state index contributed by atoms with van der Waals surface area (Å²) in [4.78, 5) is 0. The second-order valence-electron chi connectivity index (χ2n) is 6.43. The fourth-order valence-corrected chi connectivity index (χ4v) is 4.13. The normalized spacial score (nSPS) is 12.8. The van der Waals surface area contributed by atoms with Crippen molar-refractivity contribution in [3.63, 3.8) is 0 Å². The Morgan fingerprint density at radius 3 is 2.19 bits per heavy atom. The van der Waals surface area contributed by atoms with Gasteiger partial charge in [0, 0.05) is 6.92 Å². The molecule has 1 atom stereocenters. The third-order valence-electron chi connectivity index (χ3n) is 4.17. The molecule has 142 valence electrons. The van der Waals surface area contributed by atoms with Gasteiger partial charge in [-0.1, -0.05) is 60.7 Å². The Morgan fingerprint density at radius 1 is 0.963 bits per heavy atom. The van der Waals surface area contributed by atoms with Gasteiger partial charge in [0.25, 0.3) is 0 Å². The lowest BCUT2D eigenvalue weighted by Gasteiger charge is -2.15. The molecule has 0 saturated carbocycles. The maximum absolute atomic E-state index is 12.6. The van der Waals surface area contributed by atoms with Crippen LogP contribution in [0.1, 0.15) is 35.4 Å². The van der Waals surface area contributed by atoms with Crippen LogP contribution in [0.15, 0.2) is 65.1 Å². The predicted molar refractivity (Wildman–Crippen MR) is 104 cm³/mol. The van der Waals surface area contributed by atoms with Crippen molar-refractivity contribution in [2.45, 2.75) is 32.2 Å². The van der Waals surface area contributed by atoms with E-state index < -0.39 is 16.1 Å². The highest BCUT2D eigenvalue weighted by Crippen LogP contribution is 2.19. The molecule has 0 amide bonds. The third-order valence-corrected chi connectivity index (χ3v) is 5.64. The zero-order valence-corrected chi connectivity index (χ0v) is 16.0. The first-order valence-corrected chi connectivity index (χ1v) is 10.5. The van der Waals surface area contributed by atoms with Gasteiger partial charge in [0.05, 0.1) is 5.75 Å². The lowest BCUT2D eigenvalue weighted by molar-refractivity contribution is 0.411. The molecule has 0 spiro atoms. The van der Waals surface area contributed by atoms with Crippen molar-refractivity contribution in [3.05, 3.63) is 83.6 Å². The third kappa shape index (κ3) is 6.01. The number of nitrogens with one attached hydrogen (secondary N) is 1. The molecular formula is C20H23N3O3S. The van der Waals surface area contributed by atoms with E-state index >= 15 is 0 Å². The Hall–Kier alpha value is -2.51. The van der Waals surface area contributed by atoms with Gasteiger partial charge in [-0.25, -0.2) is 13.1 Å². The van der Waals surface area contributed by atoms with Crippen molar-refractivity contribution in [2.75, 3.05) is 5.75 Å². The average molecular weight is 385 g/mol. The fourth-order valence-electron chi connectivity index (χ4n) is 2.87. The fraction of sp³-hybridized carbons (Fsp3) is 0.300. The van der Waals surface area contributed by atoms with Gasteiger partial charge in [0.15, 0.2) is 0 Å². The van der Waals surface area contributed by atoms with Crippen LogP contribution in [-0.4, -0.2) is 24.4 Å². The monoisotopic (exact) mass is 385 g/mol. The maximum atomic E-state index is 12.6. The molecule has 0 radical (unpaired) electrons. The van der Waals surface area contributed by atoms with Crippen molar-refractivity contribution in [1.82, 2.24) is 14.9 Å². The zero-order chi connectivity index (χ0) is 19.1. The molecule has 3 aromatic rings. The Kier molecular flexibility index (Phi) is 6.36. The van der Waals surface area contributed by atoms with Crippen molar-refractivity contribution in [2.24, 2.45) is 0 Å². The zero-order valence-electron chi connectivity index (χ0n) is 15.2. The van der Waals surface area contributed by atoms with Gasteiger partial charge >= 0.3 is 0 Å². The molecular weight excluding hydrogens is 362 g/mol. The predicted octanol–water partition coefficient (Wildman–Crippen LogP) is 3.21. The van der Waals surface area contributed by atoms with Gasteiger partial charge in [0.2, 0.25) is 21.8 Å². The topological polar surface area (TPSA) is 85.1 Å². The highest BCUT2D eigenvalue weighted by Gasteiger charge is 2.24. The Balaban J connectivity index is 1.66. The average Bonchev–Trinajstić information content (AvgIpc) is 3.09. The summed E-state index contributed by atoms with van der Waals surface area (Å²) in [6.45, 7) is 1.68. The summed E-state index contributed by atoms with van der Waals surface area (Å²) in [7, 11) is -3.49. The molecule has 0 bridgehead atoms. The molecule has 0 saturated heterocycles. The number of rotatable bonds is 9. The SMILES string of the molecule is Cc1nnc(C(Cc2ccccc2)NS(=O)(=O)CCCc2ccccc2)o1. The van der Waals surface area contributed by atoms with Crippen LogP contribution in [-0.2, 0) is 22.9 Å². The van der Waals surface area contributed by atoms with E-state index in [9.17, 15) is 8.42 Å². The minimum Gasteiger partial charge on any atom is -0.424 e. The summed E-state index contributed by atoms with van der Waals surface area (Å²) in [5.74, 6) is 0.731. The van der Waals surface area contributed by atoms with Crippen molar-refractivity contribution < 1.29 is 12.8 Å². The molecule has 0 aliphatic rings. The highest BCUT2D eigenvalue weighted by atomic mass is 32.2. The number of sulfonamides is 1. The lowest BCUT2D eigenvalue weighted by Crippen LogP contribution is -2.32. The number of hydrogen-bond donors (Lipinski definition) is 1. The van der Waals surface area contributed by atoms with Crippen molar-refractivity contribution >= 4 is 10.0 Å². The van der Waals surface area contributed by atoms with Crippen LogP contribution in [0.25, 0.3) is 0 Å². The molecule has 27 heavy (non-hydrogen) atoms. The highest BCUT2D eigenvalue weighted by molar-refractivity contribution is 7.89. The molecule has 0 aliphatic heterocycles. The molecule has 2 aromatic carbocycles. The van der Waals surface area contributed by atoms with Crippen LogP contribution >= 0.6 is 0 Å². The summed E-state index contributed by atoms with van der Waals surface area (Å²) >= 11 is 0. The number of aryl methyl sites for hydroxylation is 2. The number of aromatic nitrogens is 2. The number of benzene rings is 2. The molecule has 0 fully saturated rings. The van der Waals surface area contributed by atoms with E-state index in [0.29, 0.717) is 25.2 Å². The largest absolute Gasteiger partial charge is 0.424 e. The van der Waals surface area contributed by atoms with E-state index in [0.717, 1.165) is 11.1 Å². The first-order chi connectivity index (χ1) is 13.0. The smallest absolute Gasteiger partial charge is 0.234 e. The van der Waals surface area contributed by atoms with Crippen LogP contribution in [0.3, 0.4) is 0 Å². The van der Waals surface area contributed by atoms with E-state index in [1.165, 1.54) is 0 Å². The van der Waals surface area contributed by atoms with Gasteiger partial charge in [-0.3, -0.25) is 0 Å². The summed E-state index contributed by atoms with van der Waals surface area (Å²) in [6.07, 6.45) is 1.70. The van der Waals surface area contributed by atoms with E-state index in [1.807, 2.05) is 60.7 Å². The number of hydrogen-bond acceptors (Lipinski definition) is 5. The van der Waals surface area contributed by atoms with Crippen LogP contribution < -0.4 is 4.72 Å². The van der Waals surface area contributed by atoms with Gasteiger partial charge < -0.3 is 4.42 Å². The van der Waals surface area contributed by atoms with Crippen LogP contribution in [0, 0.1) is 6.92 Å². The van der Waals surface area contributed by atoms with E-state index in [2.05, 4.69) is 14.9 Å². The van der Waals surface area contributed by atoms with Crippen molar-refractivity contribution in [1.29, 1.82) is 0 Å². The van der Waals surface area contributed by atoms with Gasteiger partial charge in [-0.2, -0.15) is 0 Å². The Morgan fingerprint density at radius 2 is 1.59 bits per heavy atom. The molecule has 1 unspecified atom stereocenters. The Labute approximate surface area is 159 Å². The van der Waals surface area contributed by atoms with Crippen LogP contribution in [0.2, 0.25) is 0 Å². The standard InChI is InChI=1S/C20H23N3O3S/c1-16-21-22-20(26-16)19(15-18-11-6-3-7-12-18)23-27(24,25)14-8-13-17-9-4-2-5-10-17/h2-7,9-12,19,23H,8,13-15H2,1H3. The summed E-state index contributed by atoms with van der Waals surface area (Å²) in [5, 5.41) is 7.84. The minimum atomic E-state index is -3.49. The lowest BCUT2D eigenvalue weighted by atomic mass is 10.1.